The molecule has 0 saturated heterocycles. The van der Waals surface area contributed by atoms with Crippen molar-refractivity contribution in [1.82, 2.24) is 5.32 Å². The highest BCUT2D eigenvalue weighted by atomic mass is 16.5. The largest absolute Gasteiger partial charge is 0.496 e. The molecule has 0 saturated carbocycles. The number of benzene rings is 1. The maximum Gasteiger partial charge on any atom is 0.122 e. The van der Waals surface area contributed by atoms with Gasteiger partial charge in [0.2, 0.25) is 0 Å². The van der Waals surface area contributed by atoms with Crippen LogP contribution in [0.3, 0.4) is 0 Å². The molecule has 0 bridgehead atoms. The Labute approximate surface area is 105 Å². The smallest absolute Gasteiger partial charge is 0.122 e. The van der Waals surface area contributed by atoms with Crippen molar-refractivity contribution in [3.8, 4) is 5.75 Å². The summed E-state index contributed by atoms with van der Waals surface area (Å²) < 4.78 is 5.46. The summed E-state index contributed by atoms with van der Waals surface area (Å²) in [4.78, 5) is 0. The lowest BCUT2D eigenvalue weighted by atomic mass is 9.92. The van der Waals surface area contributed by atoms with Gasteiger partial charge in [-0.1, -0.05) is 32.9 Å². The van der Waals surface area contributed by atoms with Gasteiger partial charge in [-0.15, -0.1) is 0 Å². The zero-order valence-corrected chi connectivity index (χ0v) is 11.7. The Bertz CT molecular complexity index is 347. The molecule has 96 valence electrons. The molecule has 0 aliphatic rings. The highest BCUT2D eigenvalue weighted by molar-refractivity contribution is 5.40. The van der Waals surface area contributed by atoms with Crippen LogP contribution in [-0.4, -0.2) is 20.7 Å². The van der Waals surface area contributed by atoms with E-state index in [0.29, 0.717) is 11.8 Å². The molecule has 1 rings (SSSR count). The van der Waals surface area contributed by atoms with Gasteiger partial charge in [-0.05, 0) is 49.0 Å². The number of ether oxygens (including phenoxy) is 1. The fourth-order valence-electron chi connectivity index (χ4n) is 2.01. The van der Waals surface area contributed by atoms with E-state index in [2.05, 4.69) is 44.3 Å². The summed E-state index contributed by atoms with van der Waals surface area (Å²) in [6.07, 6.45) is 1.13. The van der Waals surface area contributed by atoms with Crippen molar-refractivity contribution in [2.75, 3.05) is 20.7 Å². The molecule has 2 nitrogen and oxygen atoms in total. The van der Waals surface area contributed by atoms with Crippen molar-refractivity contribution in [2.45, 2.75) is 39.0 Å². The van der Waals surface area contributed by atoms with E-state index in [4.69, 9.17) is 4.74 Å². The molecule has 0 aliphatic heterocycles. The molecule has 17 heavy (non-hydrogen) atoms. The fraction of sp³-hybridized carbons (Fsp3) is 0.600. The molecular formula is C15H25NO. The highest BCUT2D eigenvalue weighted by Crippen LogP contribution is 2.31. The van der Waals surface area contributed by atoms with Crippen LogP contribution in [0.25, 0.3) is 0 Å². The highest BCUT2D eigenvalue weighted by Gasteiger charge is 2.13. The zero-order chi connectivity index (χ0) is 12.8. The lowest BCUT2D eigenvalue weighted by molar-refractivity contribution is 0.404. The molecule has 0 amide bonds. The minimum Gasteiger partial charge on any atom is -0.496 e. The predicted molar refractivity (Wildman–Crippen MR) is 74.0 cm³/mol. The second kappa shape index (κ2) is 6.65. The number of hydrogen-bond donors (Lipinski definition) is 1. The first-order valence-electron chi connectivity index (χ1n) is 6.42. The SMILES string of the molecule is CNCCC(C)c1cc(C(C)C)ccc1OC. The Kier molecular flexibility index (Phi) is 5.49. The van der Waals surface area contributed by atoms with Gasteiger partial charge in [0.1, 0.15) is 5.75 Å². The summed E-state index contributed by atoms with van der Waals surface area (Å²) in [6, 6.07) is 6.56. The summed E-state index contributed by atoms with van der Waals surface area (Å²) in [5.74, 6) is 2.10. The first-order valence-corrected chi connectivity index (χ1v) is 6.42. The molecule has 0 spiro atoms. The maximum atomic E-state index is 5.46. The van der Waals surface area contributed by atoms with Crippen LogP contribution in [0.15, 0.2) is 18.2 Å². The lowest BCUT2D eigenvalue weighted by Crippen LogP contribution is -2.11. The van der Waals surface area contributed by atoms with E-state index in [1.807, 2.05) is 7.05 Å². The summed E-state index contributed by atoms with van der Waals surface area (Å²) in [5.41, 5.74) is 2.71. The van der Waals surface area contributed by atoms with Crippen LogP contribution in [0.1, 0.15) is 50.2 Å². The molecule has 0 aliphatic carbocycles. The van der Waals surface area contributed by atoms with E-state index in [1.54, 1.807) is 7.11 Å². The van der Waals surface area contributed by atoms with Crippen molar-refractivity contribution in [3.63, 3.8) is 0 Å². The standard InChI is InChI=1S/C15H25NO/c1-11(2)13-6-7-15(17-5)14(10-13)12(3)8-9-16-4/h6-7,10-12,16H,8-9H2,1-5H3. The first-order chi connectivity index (χ1) is 8.10. The van der Waals surface area contributed by atoms with Crippen LogP contribution >= 0.6 is 0 Å². The van der Waals surface area contributed by atoms with E-state index in [9.17, 15) is 0 Å². The van der Waals surface area contributed by atoms with E-state index in [0.717, 1.165) is 18.7 Å². The Balaban J connectivity index is 2.96. The minimum atomic E-state index is 0.524. The van der Waals surface area contributed by atoms with Crippen molar-refractivity contribution >= 4 is 0 Å². The van der Waals surface area contributed by atoms with Gasteiger partial charge < -0.3 is 10.1 Å². The third-order valence-corrected chi connectivity index (χ3v) is 3.28. The second-order valence-corrected chi connectivity index (χ2v) is 4.95. The van der Waals surface area contributed by atoms with Gasteiger partial charge >= 0.3 is 0 Å². The summed E-state index contributed by atoms with van der Waals surface area (Å²) in [5, 5.41) is 3.20. The van der Waals surface area contributed by atoms with Crippen LogP contribution in [0.2, 0.25) is 0 Å². The quantitative estimate of drug-likeness (QED) is 0.814. The summed E-state index contributed by atoms with van der Waals surface area (Å²) >= 11 is 0. The van der Waals surface area contributed by atoms with Gasteiger partial charge in [-0.25, -0.2) is 0 Å². The molecule has 0 aromatic heterocycles. The fourth-order valence-corrected chi connectivity index (χ4v) is 2.01. The second-order valence-electron chi connectivity index (χ2n) is 4.95. The Hall–Kier alpha value is -1.02. The van der Waals surface area contributed by atoms with Gasteiger partial charge in [0.25, 0.3) is 0 Å². The van der Waals surface area contributed by atoms with Crippen molar-refractivity contribution in [2.24, 2.45) is 0 Å². The molecule has 1 unspecified atom stereocenters. The van der Waals surface area contributed by atoms with Crippen molar-refractivity contribution < 1.29 is 4.74 Å². The summed E-state index contributed by atoms with van der Waals surface area (Å²) in [6.45, 7) is 7.75. The molecule has 1 atom stereocenters. The van der Waals surface area contributed by atoms with Gasteiger partial charge in [0.15, 0.2) is 0 Å². The summed E-state index contributed by atoms with van der Waals surface area (Å²) in [7, 11) is 3.74. The Morgan fingerprint density at radius 2 is 1.94 bits per heavy atom. The molecule has 1 aromatic rings. The van der Waals surface area contributed by atoms with Crippen LogP contribution in [0.5, 0.6) is 5.75 Å². The first kappa shape index (κ1) is 14.0. The molecule has 2 heteroatoms. The number of methoxy groups -OCH3 is 1. The topological polar surface area (TPSA) is 21.3 Å². The number of rotatable bonds is 6. The van der Waals surface area contributed by atoms with Gasteiger partial charge in [0, 0.05) is 0 Å². The Morgan fingerprint density at radius 1 is 1.24 bits per heavy atom. The monoisotopic (exact) mass is 235 g/mol. The molecule has 0 fully saturated rings. The van der Waals surface area contributed by atoms with Gasteiger partial charge in [0.05, 0.1) is 7.11 Å². The van der Waals surface area contributed by atoms with Crippen molar-refractivity contribution in [1.29, 1.82) is 0 Å². The van der Waals surface area contributed by atoms with Gasteiger partial charge in [-0.2, -0.15) is 0 Å². The maximum absolute atomic E-state index is 5.46. The van der Waals surface area contributed by atoms with E-state index >= 15 is 0 Å². The van der Waals surface area contributed by atoms with Crippen molar-refractivity contribution in [3.05, 3.63) is 29.3 Å². The molecule has 1 aromatic carbocycles. The molecular weight excluding hydrogens is 210 g/mol. The minimum absolute atomic E-state index is 0.524. The predicted octanol–water partition coefficient (Wildman–Crippen LogP) is 3.53. The van der Waals surface area contributed by atoms with Crippen LogP contribution in [0, 0.1) is 0 Å². The van der Waals surface area contributed by atoms with Crippen LogP contribution < -0.4 is 10.1 Å². The Morgan fingerprint density at radius 3 is 2.47 bits per heavy atom. The average Bonchev–Trinajstić information content (AvgIpc) is 2.34. The van der Waals surface area contributed by atoms with Gasteiger partial charge in [-0.3, -0.25) is 0 Å². The molecule has 0 heterocycles. The number of hydrogen-bond acceptors (Lipinski definition) is 2. The van der Waals surface area contributed by atoms with Crippen LogP contribution in [0.4, 0.5) is 0 Å². The third-order valence-electron chi connectivity index (χ3n) is 3.28. The zero-order valence-electron chi connectivity index (χ0n) is 11.7. The van der Waals surface area contributed by atoms with Crippen LogP contribution in [-0.2, 0) is 0 Å². The third kappa shape index (κ3) is 3.74. The molecule has 1 N–H and O–H groups in total. The van der Waals surface area contributed by atoms with E-state index in [-0.39, 0.29) is 0 Å². The van der Waals surface area contributed by atoms with E-state index < -0.39 is 0 Å². The average molecular weight is 235 g/mol. The number of nitrogens with one attached hydrogen (secondary N) is 1. The van der Waals surface area contributed by atoms with E-state index in [1.165, 1.54) is 11.1 Å². The molecule has 0 radical (unpaired) electrons. The lowest BCUT2D eigenvalue weighted by Gasteiger charge is -2.18. The normalized spacial score (nSPS) is 12.8.